The second kappa shape index (κ2) is 7.99. The van der Waals surface area contributed by atoms with Crippen molar-refractivity contribution in [1.82, 2.24) is 16.0 Å². The Hall–Kier alpha value is -2.89. The number of rotatable bonds is 7. The van der Waals surface area contributed by atoms with Gasteiger partial charge in [0.1, 0.15) is 5.82 Å². The molecule has 1 aliphatic rings. The number of benzene rings is 2. The minimum absolute atomic E-state index is 0.0434. The summed E-state index contributed by atoms with van der Waals surface area (Å²) in [6.07, 6.45) is 2.12. The van der Waals surface area contributed by atoms with Crippen molar-refractivity contribution in [3.63, 3.8) is 0 Å². The van der Waals surface area contributed by atoms with Crippen LogP contribution in [0.1, 0.15) is 24.0 Å². The molecule has 0 bridgehead atoms. The fourth-order valence-electron chi connectivity index (χ4n) is 2.85. The summed E-state index contributed by atoms with van der Waals surface area (Å²) in [6.45, 7) is 0.764. The Morgan fingerprint density at radius 2 is 1.62 bits per heavy atom. The van der Waals surface area contributed by atoms with Crippen LogP contribution in [-0.4, -0.2) is 25.0 Å². The van der Waals surface area contributed by atoms with E-state index in [0.717, 1.165) is 18.4 Å². The molecule has 3 rings (SSSR count). The molecule has 3 amide bonds. The third-order valence-corrected chi connectivity index (χ3v) is 4.64. The summed E-state index contributed by atoms with van der Waals surface area (Å²) in [5.41, 5.74) is 2.07. The number of carbonyl (C=O) groups excluding carboxylic acids is 2. The molecule has 26 heavy (non-hydrogen) atoms. The fourth-order valence-corrected chi connectivity index (χ4v) is 2.85. The van der Waals surface area contributed by atoms with Gasteiger partial charge in [-0.1, -0.05) is 42.5 Å². The van der Waals surface area contributed by atoms with Crippen molar-refractivity contribution in [2.24, 2.45) is 0 Å². The third-order valence-electron chi connectivity index (χ3n) is 4.64. The van der Waals surface area contributed by atoms with Gasteiger partial charge in [0.05, 0.1) is 6.54 Å². The van der Waals surface area contributed by atoms with Gasteiger partial charge in [0.25, 0.3) is 0 Å². The smallest absolute Gasteiger partial charge is 0.315 e. The number of urea groups is 1. The predicted molar refractivity (Wildman–Crippen MR) is 97.0 cm³/mol. The Balaban J connectivity index is 1.36. The van der Waals surface area contributed by atoms with Crippen molar-refractivity contribution in [3.8, 4) is 0 Å². The minimum Gasteiger partial charge on any atom is -0.354 e. The highest BCUT2D eigenvalue weighted by molar-refractivity contribution is 5.84. The number of nitrogens with one attached hydrogen (secondary N) is 3. The monoisotopic (exact) mass is 355 g/mol. The number of amides is 3. The largest absolute Gasteiger partial charge is 0.354 e. The Morgan fingerprint density at radius 3 is 2.27 bits per heavy atom. The van der Waals surface area contributed by atoms with Crippen molar-refractivity contribution in [2.75, 3.05) is 13.1 Å². The lowest BCUT2D eigenvalue weighted by Crippen LogP contribution is -2.43. The lowest BCUT2D eigenvalue weighted by molar-refractivity contribution is -0.120. The van der Waals surface area contributed by atoms with Crippen LogP contribution in [-0.2, 0) is 16.8 Å². The summed E-state index contributed by atoms with van der Waals surface area (Å²) < 4.78 is 12.8. The zero-order chi connectivity index (χ0) is 18.4. The summed E-state index contributed by atoms with van der Waals surface area (Å²) >= 11 is 0. The van der Waals surface area contributed by atoms with Gasteiger partial charge in [-0.25, -0.2) is 9.18 Å². The van der Waals surface area contributed by atoms with E-state index in [2.05, 4.69) is 28.1 Å². The Labute approximate surface area is 152 Å². The summed E-state index contributed by atoms with van der Waals surface area (Å²) in [7, 11) is 0. The minimum atomic E-state index is -0.436. The van der Waals surface area contributed by atoms with E-state index >= 15 is 0 Å². The van der Waals surface area contributed by atoms with Gasteiger partial charge in [0, 0.05) is 18.5 Å². The maximum absolute atomic E-state index is 12.8. The molecule has 6 heteroatoms. The molecule has 0 radical (unpaired) electrons. The van der Waals surface area contributed by atoms with E-state index in [4.69, 9.17) is 0 Å². The third kappa shape index (κ3) is 4.81. The van der Waals surface area contributed by atoms with E-state index < -0.39 is 6.03 Å². The predicted octanol–water partition coefficient (Wildman–Crippen LogP) is 2.47. The van der Waals surface area contributed by atoms with Crippen LogP contribution in [0.2, 0.25) is 0 Å². The molecule has 3 N–H and O–H groups in total. The maximum atomic E-state index is 12.8. The zero-order valence-electron chi connectivity index (χ0n) is 14.4. The molecule has 1 fully saturated rings. The van der Waals surface area contributed by atoms with Gasteiger partial charge >= 0.3 is 6.03 Å². The van der Waals surface area contributed by atoms with Crippen LogP contribution in [0.15, 0.2) is 54.6 Å². The highest BCUT2D eigenvalue weighted by Crippen LogP contribution is 2.47. The normalized spacial score (nSPS) is 14.3. The molecule has 0 heterocycles. The van der Waals surface area contributed by atoms with Gasteiger partial charge < -0.3 is 16.0 Å². The van der Waals surface area contributed by atoms with Crippen molar-refractivity contribution in [2.45, 2.75) is 24.8 Å². The van der Waals surface area contributed by atoms with Gasteiger partial charge in [-0.3, -0.25) is 4.79 Å². The molecule has 2 aromatic rings. The first-order valence-electron chi connectivity index (χ1n) is 8.66. The summed E-state index contributed by atoms with van der Waals surface area (Å²) in [4.78, 5) is 23.7. The molecule has 1 aliphatic carbocycles. The first kappa shape index (κ1) is 17.9. The van der Waals surface area contributed by atoms with E-state index in [-0.39, 0.29) is 30.2 Å². The average molecular weight is 355 g/mol. The Kier molecular flexibility index (Phi) is 5.51. The van der Waals surface area contributed by atoms with Crippen molar-refractivity contribution in [3.05, 3.63) is 71.5 Å². The van der Waals surface area contributed by atoms with Gasteiger partial charge in [-0.15, -0.1) is 0 Å². The van der Waals surface area contributed by atoms with Gasteiger partial charge in [0.2, 0.25) is 5.91 Å². The van der Waals surface area contributed by atoms with Crippen molar-refractivity contribution < 1.29 is 14.0 Å². The lowest BCUT2D eigenvalue weighted by Gasteiger charge is -2.16. The highest BCUT2D eigenvalue weighted by Gasteiger charge is 2.44. The number of carbonyl (C=O) groups is 2. The van der Waals surface area contributed by atoms with E-state index in [9.17, 15) is 14.0 Å². The van der Waals surface area contributed by atoms with Crippen LogP contribution >= 0.6 is 0 Å². The van der Waals surface area contributed by atoms with Crippen LogP contribution in [0.5, 0.6) is 0 Å². The van der Waals surface area contributed by atoms with Gasteiger partial charge in [-0.2, -0.15) is 0 Å². The Morgan fingerprint density at radius 1 is 0.923 bits per heavy atom. The summed E-state index contributed by atoms with van der Waals surface area (Å²) in [5.74, 6) is -0.539. The van der Waals surface area contributed by atoms with E-state index in [0.29, 0.717) is 6.54 Å². The second-order valence-corrected chi connectivity index (χ2v) is 6.59. The molecule has 1 saturated carbocycles. The molecule has 0 aromatic heterocycles. The van der Waals surface area contributed by atoms with E-state index in [1.54, 1.807) is 12.1 Å². The topological polar surface area (TPSA) is 70.2 Å². The fraction of sp³-hybridized carbons (Fsp3) is 0.300. The SMILES string of the molecule is O=C(CNC(=O)NCc1ccc(F)cc1)NCC1(c2ccccc2)CC1. The van der Waals surface area contributed by atoms with Crippen LogP contribution in [0.4, 0.5) is 9.18 Å². The molecule has 0 atom stereocenters. The summed E-state index contributed by atoms with van der Waals surface area (Å²) in [5, 5.41) is 8.05. The summed E-state index contributed by atoms with van der Waals surface area (Å²) in [6, 6.07) is 15.6. The number of hydrogen-bond donors (Lipinski definition) is 3. The molecule has 0 aliphatic heterocycles. The highest BCUT2D eigenvalue weighted by atomic mass is 19.1. The second-order valence-electron chi connectivity index (χ2n) is 6.59. The molecule has 0 spiro atoms. The number of halogens is 1. The molecule has 0 unspecified atom stereocenters. The molecular formula is C20H22FN3O2. The average Bonchev–Trinajstić information content (AvgIpc) is 3.46. The van der Waals surface area contributed by atoms with E-state index in [1.807, 2.05) is 18.2 Å². The maximum Gasteiger partial charge on any atom is 0.315 e. The van der Waals surface area contributed by atoms with Crippen LogP contribution < -0.4 is 16.0 Å². The zero-order valence-corrected chi connectivity index (χ0v) is 14.4. The number of hydrogen-bond acceptors (Lipinski definition) is 2. The molecule has 0 saturated heterocycles. The molecule has 136 valence electrons. The first-order chi connectivity index (χ1) is 12.6. The standard InChI is InChI=1S/C20H22FN3O2/c21-17-8-6-15(7-9-17)12-22-19(26)23-13-18(25)24-14-20(10-11-20)16-4-2-1-3-5-16/h1-9H,10-14H2,(H,24,25)(H2,22,23,26). The van der Waals surface area contributed by atoms with Crippen LogP contribution in [0, 0.1) is 5.82 Å². The van der Waals surface area contributed by atoms with Crippen LogP contribution in [0.25, 0.3) is 0 Å². The molecular weight excluding hydrogens is 333 g/mol. The van der Waals surface area contributed by atoms with Crippen molar-refractivity contribution >= 4 is 11.9 Å². The van der Waals surface area contributed by atoms with Crippen LogP contribution in [0.3, 0.4) is 0 Å². The van der Waals surface area contributed by atoms with Crippen molar-refractivity contribution in [1.29, 1.82) is 0 Å². The quantitative estimate of drug-likeness (QED) is 0.714. The van der Waals surface area contributed by atoms with E-state index in [1.165, 1.54) is 17.7 Å². The lowest BCUT2D eigenvalue weighted by atomic mass is 9.96. The molecule has 2 aromatic carbocycles. The first-order valence-corrected chi connectivity index (χ1v) is 8.66. The molecule has 5 nitrogen and oxygen atoms in total. The van der Waals surface area contributed by atoms with Gasteiger partial charge in [-0.05, 0) is 36.1 Å². The Bertz CT molecular complexity index is 758. The van der Waals surface area contributed by atoms with Gasteiger partial charge in [0.15, 0.2) is 0 Å².